The molecular weight excluding hydrogens is 485 g/mol. The summed E-state index contributed by atoms with van der Waals surface area (Å²) in [6, 6.07) is 12.6. The standard InChI is InChI=1S/C23H19Cl2N3O2S2/c24-16-9-8-14(12-17(16)25)28-22(30)20(32-23(28)31)19-15-6-2-3-7-18(15)27(21(19)29)13-26-10-4-1-5-11-26/h2-3,6-9,12H,1,4-5,10-11,13H2. The largest absolute Gasteiger partial charge is 0.294 e. The van der Waals surface area contributed by atoms with Gasteiger partial charge in [0.1, 0.15) is 0 Å². The second-order valence-electron chi connectivity index (χ2n) is 7.88. The van der Waals surface area contributed by atoms with Crippen LogP contribution in [0.5, 0.6) is 0 Å². The van der Waals surface area contributed by atoms with Crippen LogP contribution in [0.3, 0.4) is 0 Å². The number of piperidine rings is 1. The van der Waals surface area contributed by atoms with Gasteiger partial charge in [0, 0.05) is 5.56 Å². The van der Waals surface area contributed by atoms with E-state index in [1.54, 1.807) is 23.1 Å². The molecule has 2 aromatic carbocycles. The van der Waals surface area contributed by atoms with E-state index < -0.39 is 0 Å². The molecule has 0 unspecified atom stereocenters. The van der Waals surface area contributed by atoms with Crippen molar-refractivity contribution in [3.63, 3.8) is 0 Å². The number of thioether (sulfide) groups is 1. The third-order valence-electron chi connectivity index (χ3n) is 5.87. The summed E-state index contributed by atoms with van der Waals surface area (Å²) in [5.41, 5.74) is 2.54. The molecule has 2 aromatic rings. The van der Waals surface area contributed by atoms with E-state index in [-0.39, 0.29) is 11.8 Å². The number of para-hydroxylation sites is 1. The van der Waals surface area contributed by atoms with E-state index in [2.05, 4.69) is 4.90 Å². The van der Waals surface area contributed by atoms with E-state index in [1.807, 2.05) is 24.3 Å². The number of carbonyl (C=O) groups is 2. The highest BCUT2D eigenvalue weighted by Crippen LogP contribution is 2.46. The molecule has 2 fully saturated rings. The van der Waals surface area contributed by atoms with Crippen molar-refractivity contribution in [1.82, 2.24) is 4.90 Å². The average molecular weight is 504 g/mol. The van der Waals surface area contributed by atoms with Crippen LogP contribution in [0.4, 0.5) is 11.4 Å². The predicted octanol–water partition coefficient (Wildman–Crippen LogP) is 5.56. The molecule has 0 N–H and O–H groups in total. The van der Waals surface area contributed by atoms with E-state index >= 15 is 0 Å². The quantitative estimate of drug-likeness (QED) is 0.405. The molecule has 2 saturated heterocycles. The molecule has 0 radical (unpaired) electrons. The van der Waals surface area contributed by atoms with Crippen LogP contribution in [0.25, 0.3) is 5.57 Å². The summed E-state index contributed by atoms with van der Waals surface area (Å²) in [5, 5.41) is 0.730. The summed E-state index contributed by atoms with van der Waals surface area (Å²) in [7, 11) is 0. The van der Waals surface area contributed by atoms with Gasteiger partial charge in [-0.3, -0.25) is 24.3 Å². The molecule has 9 heteroatoms. The van der Waals surface area contributed by atoms with Gasteiger partial charge in [-0.15, -0.1) is 0 Å². The lowest BCUT2D eigenvalue weighted by Crippen LogP contribution is -2.42. The van der Waals surface area contributed by atoms with Gasteiger partial charge in [-0.05, 0) is 50.2 Å². The second kappa shape index (κ2) is 8.80. The predicted molar refractivity (Wildman–Crippen MR) is 135 cm³/mol. The van der Waals surface area contributed by atoms with Crippen molar-refractivity contribution < 1.29 is 9.59 Å². The van der Waals surface area contributed by atoms with Crippen molar-refractivity contribution >= 4 is 80.3 Å². The molecule has 164 valence electrons. The van der Waals surface area contributed by atoms with E-state index in [9.17, 15) is 9.59 Å². The van der Waals surface area contributed by atoms with Gasteiger partial charge in [0.2, 0.25) is 0 Å². The molecule has 0 aromatic heterocycles. The van der Waals surface area contributed by atoms with Crippen molar-refractivity contribution in [3.8, 4) is 0 Å². The third-order valence-corrected chi connectivity index (χ3v) is 7.98. The average Bonchev–Trinajstić information content (AvgIpc) is 3.23. The fourth-order valence-corrected chi connectivity index (χ4v) is 5.97. The first-order valence-electron chi connectivity index (χ1n) is 10.3. The Kier molecular flexibility index (Phi) is 6.03. The van der Waals surface area contributed by atoms with Crippen molar-refractivity contribution in [3.05, 3.63) is 63.0 Å². The van der Waals surface area contributed by atoms with Crippen molar-refractivity contribution in [2.24, 2.45) is 0 Å². The maximum Gasteiger partial charge on any atom is 0.271 e. The second-order valence-corrected chi connectivity index (χ2v) is 10.3. The molecule has 0 atom stereocenters. The monoisotopic (exact) mass is 503 g/mol. The summed E-state index contributed by atoms with van der Waals surface area (Å²) in [5.74, 6) is -0.484. The Hall–Kier alpha value is -1.90. The first kappa shape index (κ1) is 21.9. The number of rotatable bonds is 3. The Labute approximate surface area is 205 Å². The third kappa shape index (κ3) is 3.76. The number of anilines is 2. The smallest absolute Gasteiger partial charge is 0.271 e. The number of nitrogens with zero attached hydrogens (tertiary/aromatic N) is 3. The van der Waals surface area contributed by atoms with Crippen LogP contribution in [-0.4, -0.2) is 40.8 Å². The minimum absolute atomic E-state index is 0.161. The lowest BCUT2D eigenvalue weighted by molar-refractivity contribution is -0.115. The number of halogens is 2. The van der Waals surface area contributed by atoms with Gasteiger partial charge in [0.05, 0.1) is 38.6 Å². The molecule has 2 amide bonds. The number of fused-ring (bicyclic) bond motifs is 1. The number of amides is 2. The Bertz CT molecular complexity index is 1180. The summed E-state index contributed by atoms with van der Waals surface area (Å²) in [6.45, 7) is 2.47. The molecule has 3 aliphatic heterocycles. The number of thiocarbonyl (C=S) groups is 1. The van der Waals surface area contributed by atoms with Gasteiger partial charge in [-0.25, -0.2) is 0 Å². The molecule has 5 rings (SSSR count). The number of carbonyl (C=O) groups excluding carboxylic acids is 2. The van der Waals surface area contributed by atoms with Gasteiger partial charge in [0.15, 0.2) is 4.32 Å². The molecule has 5 nitrogen and oxygen atoms in total. The number of hydrogen-bond acceptors (Lipinski definition) is 5. The zero-order chi connectivity index (χ0) is 22.4. The highest BCUT2D eigenvalue weighted by molar-refractivity contribution is 8.27. The minimum Gasteiger partial charge on any atom is -0.294 e. The van der Waals surface area contributed by atoms with Crippen molar-refractivity contribution in [2.75, 3.05) is 29.6 Å². The topological polar surface area (TPSA) is 43.9 Å². The fourth-order valence-electron chi connectivity index (χ4n) is 4.31. The minimum atomic E-state index is -0.323. The lowest BCUT2D eigenvalue weighted by atomic mass is 10.1. The molecule has 3 aliphatic rings. The van der Waals surface area contributed by atoms with Gasteiger partial charge in [-0.1, -0.05) is 71.8 Å². The Morgan fingerprint density at radius 2 is 1.69 bits per heavy atom. The number of hydrogen-bond donors (Lipinski definition) is 0. The summed E-state index contributed by atoms with van der Waals surface area (Å²) in [4.78, 5) is 32.9. The first-order valence-corrected chi connectivity index (χ1v) is 12.3. The molecule has 0 saturated carbocycles. The van der Waals surface area contributed by atoms with E-state index in [4.69, 9.17) is 35.4 Å². The van der Waals surface area contributed by atoms with Crippen LogP contribution in [0.1, 0.15) is 24.8 Å². The molecular formula is C23H19Cl2N3O2S2. The van der Waals surface area contributed by atoms with Gasteiger partial charge in [-0.2, -0.15) is 0 Å². The summed E-state index contributed by atoms with van der Waals surface area (Å²) < 4.78 is 0.357. The zero-order valence-electron chi connectivity index (χ0n) is 17.0. The van der Waals surface area contributed by atoms with Crippen LogP contribution in [0, 0.1) is 0 Å². The van der Waals surface area contributed by atoms with Crippen LogP contribution in [0.15, 0.2) is 47.4 Å². The number of likely N-dealkylation sites (tertiary alicyclic amines) is 1. The SMILES string of the molecule is O=C1C(=C2SC(=S)N(c3ccc(Cl)c(Cl)c3)C2=O)c2ccccc2N1CN1CCCCC1. The summed E-state index contributed by atoms with van der Waals surface area (Å²) >= 11 is 18.8. The maximum atomic E-state index is 13.6. The molecule has 32 heavy (non-hydrogen) atoms. The van der Waals surface area contributed by atoms with Gasteiger partial charge in [0.25, 0.3) is 11.8 Å². The first-order chi connectivity index (χ1) is 15.5. The molecule has 0 aliphatic carbocycles. The van der Waals surface area contributed by atoms with E-state index in [1.165, 1.54) is 11.3 Å². The molecule has 3 heterocycles. The highest BCUT2D eigenvalue weighted by Gasteiger charge is 2.43. The van der Waals surface area contributed by atoms with Gasteiger partial charge < -0.3 is 0 Å². The Morgan fingerprint density at radius 3 is 2.44 bits per heavy atom. The van der Waals surface area contributed by atoms with Crippen LogP contribution in [0.2, 0.25) is 10.0 Å². The Morgan fingerprint density at radius 1 is 0.938 bits per heavy atom. The molecule has 0 bridgehead atoms. The maximum absolute atomic E-state index is 13.6. The normalized spacial score (nSPS) is 21.6. The highest BCUT2D eigenvalue weighted by atomic mass is 35.5. The lowest BCUT2D eigenvalue weighted by Gasteiger charge is -2.30. The Balaban J connectivity index is 1.53. The van der Waals surface area contributed by atoms with E-state index in [0.717, 1.165) is 48.9 Å². The summed E-state index contributed by atoms with van der Waals surface area (Å²) in [6.07, 6.45) is 3.50. The number of benzene rings is 2. The van der Waals surface area contributed by atoms with E-state index in [0.29, 0.717) is 37.2 Å². The zero-order valence-corrected chi connectivity index (χ0v) is 20.2. The van der Waals surface area contributed by atoms with Crippen molar-refractivity contribution in [1.29, 1.82) is 0 Å². The fraction of sp³-hybridized carbons (Fsp3) is 0.261. The van der Waals surface area contributed by atoms with Crippen molar-refractivity contribution in [2.45, 2.75) is 19.3 Å². The molecule has 0 spiro atoms. The van der Waals surface area contributed by atoms with Crippen LogP contribution < -0.4 is 9.80 Å². The van der Waals surface area contributed by atoms with Crippen LogP contribution >= 0.6 is 47.2 Å². The van der Waals surface area contributed by atoms with Gasteiger partial charge >= 0.3 is 0 Å². The van der Waals surface area contributed by atoms with Crippen LogP contribution in [-0.2, 0) is 9.59 Å².